The monoisotopic (exact) mass is 530 g/mol. The van der Waals surface area contributed by atoms with Crippen LogP contribution in [0.3, 0.4) is 0 Å². The van der Waals surface area contributed by atoms with E-state index in [1.54, 1.807) is 4.90 Å². The Kier molecular flexibility index (Phi) is 8.82. The molecule has 4 rings (SSSR count). The SMILES string of the molecule is CC(C)(C)[C@@H](C(=O)N1CCN(Cc2ccc3c(c2)OCO3)CC1)N(O)C(=O)CC(CC1CCCC1)C(N)=O. The van der Waals surface area contributed by atoms with E-state index in [9.17, 15) is 19.6 Å². The molecule has 2 heterocycles. The van der Waals surface area contributed by atoms with Crippen molar-refractivity contribution >= 4 is 17.7 Å². The maximum atomic E-state index is 13.6. The molecule has 0 aromatic heterocycles. The number of hydrogen-bond donors (Lipinski definition) is 2. The number of carbonyl (C=O) groups excluding carboxylic acids is 3. The summed E-state index contributed by atoms with van der Waals surface area (Å²) in [6, 6.07) is 4.85. The van der Waals surface area contributed by atoms with Crippen molar-refractivity contribution < 1.29 is 29.1 Å². The number of nitrogens with two attached hydrogens (primary N) is 1. The van der Waals surface area contributed by atoms with E-state index in [4.69, 9.17) is 15.2 Å². The second-order valence-electron chi connectivity index (χ2n) is 12.0. The molecule has 3 aliphatic rings. The lowest BCUT2D eigenvalue weighted by molar-refractivity contribution is -0.194. The third kappa shape index (κ3) is 6.77. The van der Waals surface area contributed by atoms with Crippen LogP contribution in [0.25, 0.3) is 0 Å². The molecule has 0 spiro atoms. The summed E-state index contributed by atoms with van der Waals surface area (Å²) >= 11 is 0. The first-order valence-corrected chi connectivity index (χ1v) is 13.7. The van der Waals surface area contributed by atoms with Crippen LogP contribution >= 0.6 is 0 Å². The van der Waals surface area contributed by atoms with Crippen LogP contribution in [0.1, 0.15) is 64.9 Å². The second-order valence-corrected chi connectivity index (χ2v) is 12.0. The smallest absolute Gasteiger partial charge is 0.248 e. The minimum Gasteiger partial charge on any atom is -0.454 e. The number of hydroxylamine groups is 2. The van der Waals surface area contributed by atoms with Gasteiger partial charge in [-0.3, -0.25) is 24.5 Å². The van der Waals surface area contributed by atoms with E-state index in [2.05, 4.69) is 4.90 Å². The number of hydrogen-bond acceptors (Lipinski definition) is 7. The number of nitrogens with zero attached hydrogens (tertiary/aromatic N) is 3. The second kappa shape index (κ2) is 11.9. The first-order chi connectivity index (χ1) is 18.0. The molecule has 0 radical (unpaired) electrons. The topological polar surface area (TPSA) is 126 Å². The van der Waals surface area contributed by atoms with Gasteiger partial charge in [-0.05, 0) is 35.4 Å². The van der Waals surface area contributed by atoms with Gasteiger partial charge in [0.05, 0.1) is 0 Å². The summed E-state index contributed by atoms with van der Waals surface area (Å²) < 4.78 is 10.9. The Labute approximate surface area is 225 Å². The highest BCUT2D eigenvalue weighted by Crippen LogP contribution is 2.34. The third-order valence-electron chi connectivity index (χ3n) is 8.00. The molecule has 1 unspecified atom stereocenters. The number of amides is 3. The predicted molar refractivity (Wildman–Crippen MR) is 140 cm³/mol. The van der Waals surface area contributed by atoms with Gasteiger partial charge in [0.1, 0.15) is 6.04 Å². The summed E-state index contributed by atoms with van der Waals surface area (Å²) in [6.07, 6.45) is 4.68. The summed E-state index contributed by atoms with van der Waals surface area (Å²) in [5.41, 5.74) is 6.01. The van der Waals surface area contributed by atoms with Crippen LogP contribution in [0.15, 0.2) is 18.2 Å². The molecule has 0 bridgehead atoms. The number of ether oxygens (including phenoxy) is 2. The molecule has 1 saturated heterocycles. The zero-order chi connectivity index (χ0) is 27.4. The number of benzene rings is 1. The summed E-state index contributed by atoms with van der Waals surface area (Å²) in [7, 11) is 0. The van der Waals surface area contributed by atoms with E-state index in [1.807, 2.05) is 39.0 Å². The molecule has 210 valence electrons. The Bertz CT molecular complexity index is 1010. The van der Waals surface area contributed by atoms with Crippen LogP contribution in [-0.4, -0.2) is 76.8 Å². The minimum atomic E-state index is -1.06. The molecule has 3 amide bonds. The average molecular weight is 531 g/mol. The van der Waals surface area contributed by atoms with Crippen LogP contribution < -0.4 is 15.2 Å². The van der Waals surface area contributed by atoms with Gasteiger partial charge in [-0.2, -0.15) is 0 Å². The maximum Gasteiger partial charge on any atom is 0.248 e. The van der Waals surface area contributed by atoms with Crippen LogP contribution in [0.5, 0.6) is 11.5 Å². The summed E-state index contributed by atoms with van der Waals surface area (Å²) in [5, 5.41) is 11.5. The molecule has 2 atom stereocenters. The molecule has 2 aliphatic heterocycles. The number of piperazine rings is 1. The van der Waals surface area contributed by atoms with E-state index < -0.39 is 29.2 Å². The van der Waals surface area contributed by atoms with E-state index in [-0.39, 0.29) is 19.1 Å². The molecule has 10 heteroatoms. The van der Waals surface area contributed by atoms with E-state index >= 15 is 0 Å². The van der Waals surface area contributed by atoms with Gasteiger partial charge in [0.25, 0.3) is 0 Å². The fourth-order valence-electron chi connectivity index (χ4n) is 5.84. The fraction of sp³-hybridized carbons (Fsp3) is 0.679. The normalized spacial score (nSPS) is 19.8. The maximum absolute atomic E-state index is 13.6. The number of fused-ring (bicyclic) bond motifs is 1. The highest BCUT2D eigenvalue weighted by Gasteiger charge is 2.42. The molecule has 10 nitrogen and oxygen atoms in total. The minimum absolute atomic E-state index is 0.189. The molecule has 1 aromatic rings. The van der Waals surface area contributed by atoms with Gasteiger partial charge in [0, 0.05) is 45.1 Å². The van der Waals surface area contributed by atoms with Gasteiger partial charge in [0.2, 0.25) is 24.5 Å². The quantitative estimate of drug-likeness (QED) is 0.371. The standard InChI is InChI=1S/C28H42N4O6/c1-28(2,3)25(32(36)24(33)16-21(26(29)34)14-19-6-4-5-7-19)27(35)31-12-10-30(11-13-31)17-20-8-9-22-23(15-20)38-18-37-22/h8-9,15,19,21,25,36H,4-7,10-14,16-18H2,1-3H3,(H2,29,34)/t21?,25-/m1/s1. The Balaban J connectivity index is 1.35. The Morgan fingerprint density at radius 3 is 2.37 bits per heavy atom. The van der Waals surface area contributed by atoms with E-state index in [0.717, 1.165) is 49.3 Å². The number of rotatable bonds is 9. The summed E-state index contributed by atoms with van der Waals surface area (Å²) in [5.74, 6) is -0.225. The molecule has 1 aromatic carbocycles. The van der Waals surface area contributed by atoms with Gasteiger partial charge in [-0.25, -0.2) is 5.06 Å². The lowest BCUT2D eigenvalue weighted by Crippen LogP contribution is -2.59. The van der Waals surface area contributed by atoms with Gasteiger partial charge in [-0.1, -0.05) is 52.5 Å². The van der Waals surface area contributed by atoms with Crippen molar-refractivity contribution in [1.82, 2.24) is 14.9 Å². The fourth-order valence-corrected chi connectivity index (χ4v) is 5.84. The molecule has 1 saturated carbocycles. The molecular weight excluding hydrogens is 488 g/mol. The highest BCUT2D eigenvalue weighted by molar-refractivity contribution is 5.89. The van der Waals surface area contributed by atoms with Crippen molar-refractivity contribution in [2.24, 2.45) is 23.0 Å². The molecule has 1 aliphatic carbocycles. The number of carbonyl (C=O) groups is 3. The first-order valence-electron chi connectivity index (χ1n) is 13.7. The van der Waals surface area contributed by atoms with Crippen LogP contribution in [0, 0.1) is 17.3 Å². The third-order valence-corrected chi connectivity index (χ3v) is 8.00. The zero-order valence-corrected chi connectivity index (χ0v) is 22.9. The Hall–Kier alpha value is -2.85. The van der Waals surface area contributed by atoms with Crippen molar-refractivity contribution in [1.29, 1.82) is 0 Å². The highest BCUT2D eigenvalue weighted by atomic mass is 16.7. The Morgan fingerprint density at radius 2 is 1.74 bits per heavy atom. The van der Waals surface area contributed by atoms with Crippen molar-refractivity contribution in [3.63, 3.8) is 0 Å². The molecule has 2 fully saturated rings. The van der Waals surface area contributed by atoms with Gasteiger partial charge in [0.15, 0.2) is 11.5 Å². The first kappa shape index (κ1) is 28.2. The largest absolute Gasteiger partial charge is 0.454 e. The van der Waals surface area contributed by atoms with Crippen LogP contribution in [-0.2, 0) is 20.9 Å². The van der Waals surface area contributed by atoms with Gasteiger partial charge < -0.3 is 20.1 Å². The van der Waals surface area contributed by atoms with Gasteiger partial charge >= 0.3 is 0 Å². The number of primary amides is 1. The van der Waals surface area contributed by atoms with Crippen molar-refractivity contribution in [2.75, 3.05) is 33.0 Å². The summed E-state index contributed by atoms with van der Waals surface area (Å²) in [4.78, 5) is 42.8. The van der Waals surface area contributed by atoms with E-state index in [0.29, 0.717) is 43.6 Å². The molecule has 38 heavy (non-hydrogen) atoms. The van der Waals surface area contributed by atoms with E-state index in [1.165, 1.54) is 0 Å². The Morgan fingerprint density at radius 1 is 1.08 bits per heavy atom. The van der Waals surface area contributed by atoms with Crippen LogP contribution in [0.4, 0.5) is 0 Å². The molecule has 3 N–H and O–H groups in total. The predicted octanol–water partition coefficient (Wildman–Crippen LogP) is 2.76. The molecular formula is C28H42N4O6. The lowest BCUT2D eigenvalue weighted by Gasteiger charge is -2.41. The van der Waals surface area contributed by atoms with Crippen LogP contribution in [0.2, 0.25) is 0 Å². The zero-order valence-electron chi connectivity index (χ0n) is 22.9. The average Bonchev–Trinajstić information content (AvgIpc) is 3.54. The van der Waals surface area contributed by atoms with Crippen molar-refractivity contribution in [2.45, 2.75) is 71.9 Å². The van der Waals surface area contributed by atoms with Gasteiger partial charge in [-0.15, -0.1) is 0 Å². The lowest BCUT2D eigenvalue weighted by atomic mass is 9.84. The van der Waals surface area contributed by atoms with Crippen molar-refractivity contribution in [3.05, 3.63) is 23.8 Å². The van der Waals surface area contributed by atoms with Crippen molar-refractivity contribution in [3.8, 4) is 11.5 Å². The summed E-state index contributed by atoms with van der Waals surface area (Å²) in [6.45, 7) is 8.75.